The lowest BCUT2D eigenvalue weighted by atomic mass is 10.2. The summed E-state index contributed by atoms with van der Waals surface area (Å²) in [6.07, 6.45) is 0.933. The Morgan fingerprint density at radius 1 is 1.19 bits per heavy atom. The van der Waals surface area contributed by atoms with Crippen LogP contribution >= 0.6 is 23.2 Å². The van der Waals surface area contributed by atoms with Gasteiger partial charge in [-0.15, -0.1) is 0 Å². The molecule has 0 atom stereocenters. The molecule has 6 nitrogen and oxygen atoms in total. The summed E-state index contributed by atoms with van der Waals surface area (Å²) in [5, 5.41) is 4.09. The molecule has 1 aromatic rings. The Kier molecular flexibility index (Phi) is 8.83. The van der Waals surface area contributed by atoms with E-state index >= 15 is 0 Å². The fourth-order valence-electron chi connectivity index (χ4n) is 3.01. The van der Waals surface area contributed by atoms with Crippen LogP contribution < -0.4 is 5.32 Å². The van der Waals surface area contributed by atoms with E-state index in [1.54, 1.807) is 12.1 Å². The number of carbonyl (C=O) groups excluding carboxylic acids is 2. The first-order chi connectivity index (χ1) is 12.9. The maximum absolute atomic E-state index is 12.5. The van der Waals surface area contributed by atoms with Gasteiger partial charge in [0.05, 0.1) is 13.1 Å². The summed E-state index contributed by atoms with van der Waals surface area (Å²) < 4.78 is 0. The van der Waals surface area contributed by atoms with E-state index < -0.39 is 0 Å². The standard InChI is InChI=1S/C19H28Cl2N4O2/c1-3-6-22-18(26)13-24-7-9-25(10-8-24)19(27)14-23(2)12-15-4-5-16(20)11-17(15)21/h4-5,11H,3,6-10,12-14H2,1-2H3,(H,22,26). The van der Waals surface area contributed by atoms with Crippen LogP contribution in [0.2, 0.25) is 10.0 Å². The van der Waals surface area contributed by atoms with Crippen LogP contribution in [0.4, 0.5) is 0 Å². The van der Waals surface area contributed by atoms with Crippen molar-refractivity contribution in [3.8, 4) is 0 Å². The van der Waals surface area contributed by atoms with Gasteiger partial charge in [-0.1, -0.05) is 36.2 Å². The summed E-state index contributed by atoms with van der Waals surface area (Å²) in [6.45, 7) is 6.79. The van der Waals surface area contributed by atoms with E-state index in [0.29, 0.717) is 49.3 Å². The second-order valence-corrected chi connectivity index (χ2v) is 7.76. The zero-order valence-electron chi connectivity index (χ0n) is 16.0. The number of carbonyl (C=O) groups is 2. The Hall–Kier alpha value is -1.34. The van der Waals surface area contributed by atoms with Crippen LogP contribution in [0, 0.1) is 0 Å². The molecule has 2 amide bonds. The molecule has 1 aromatic carbocycles. The topological polar surface area (TPSA) is 55.9 Å². The van der Waals surface area contributed by atoms with Gasteiger partial charge in [-0.3, -0.25) is 19.4 Å². The molecule has 1 aliphatic rings. The number of likely N-dealkylation sites (N-methyl/N-ethyl adjacent to an activating group) is 1. The zero-order chi connectivity index (χ0) is 19.8. The highest BCUT2D eigenvalue weighted by molar-refractivity contribution is 6.35. The molecule has 0 unspecified atom stereocenters. The van der Waals surface area contributed by atoms with E-state index in [1.807, 2.05) is 29.8 Å². The predicted octanol–water partition coefficient (Wildman–Crippen LogP) is 2.10. The number of nitrogens with zero attached hydrogens (tertiary/aromatic N) is 3. The van der Waals surface area contributed by atoms with E-state index in [4.69, 9.17) is 23.2 Å². The monoisotopic (exact) mass is 414 g/mol. The maximum atomic E-state index is 12.5. The van der Waals surface area contributed by atoms with Crippen LogP contribution in [0.25, 0.3) is 0 Å². The predicted molar refractivity (Wildman–Crippen MR) is 109 cm³/mol. The number of halogens is 2. The number of benzene rings is 1. The van der Waals surface area contributed by atoms with E-state index in [0.717, 1.165) is 25.1 Å². The molecular weight excluding hydrogens is 387 g/mol. The first-order valence-corrected chi connectivity index (χ1v) is 10.0. The first-order valence-electron chi connectivity index (χ1n) is 9.28. The average molecular weight is 415 g/mol. The van der Waals surface area contributed by atoms with Crippen molar-refractivity contribution in [2.45, 2.75) is 19.9 Å². The summed E-state index contributed by atoms with van der Waals surface area (Å²) in [5.41, 5.74) is 0.944. The van der Waals surface area contributed by atoms with Crippen molar-refractivity contribution in [1.29, 1.82) is 0 Å². The molecule has 0 bridgehead atoms. The molecule has 0 aliphatic carbocycles. The third-order valence-corrected chi connectivity index (χ3v) is 5.11. The number of rotatable bonds is 8. The van der Waals surface area contributed by atoms with Crippen LogP contribution in [-0.4, -0.2) is 79.4 Å². The lowest BCUT2D eigenvalue weighted by Crippen LogP contribution is -2.52. The van der Waals surface area contributed by atoms with Crippen LogP contribution in [0.5, 0.6) is 0 Å². The minimum absolute atomic E-state index is 0.0520. The van der Waals surface area contributed by atoms with Gasteiger partial charge in [0.2, 0.25) is 11.8 Å². The second kappa shape index (κ2) is 10.9. The molecule has 0 aromatic heterocycles. The van der Waals surface area contributed by atoms with Crippen molar-refractivity contribution in [2.75, 3.05) is 52.9 Å². The third-order valence-electron chi connectivity index (χ3n) is 4.52. The molecular formula is C19H28Cl2N4O2. The molecule has 1 fully saturated rings. The van der Waals surface area contributed by atoms with Crippen LogP contribution in [-0.2, 0) is 16.1 Å². The van der Waals surface area contributed by atoms with Crippen LogP contribution in [0.3, 0.4) is 0 Å². The molecule has 0 spiro atoms. The number of amides is 2. The largest absolute Gasteiger partial charge is 0.355 e. The lowest BCUT2D eigenvalue weighted by molar-refractivity contribution is -0.134. The molecule has 8 heteroatoms. The second-order valence-electron chi connectivity index (χ2n) is 6.91. The van der Waals surface area contributed by atoms with E-state index in [2.05, 4.69) is 10.2 Å². The minimum Gasteiger partial charge on any atom is -0.355 e. The molecule has 1 heterocycles. The summed E-state index contributed by atoms with van der Waals surface area (Å²) >= 11 is 12.1. The number of hydrogen-bond donors (Lipinski definition) is 1. The van der Waals surface area contributed by atoms with E-state index in [1.165, 1.54) is 0 Å². The van der Waals surface area contributed by atoms with Crippen LogP contribution in [0.1, 0.15) is 18.9 Å². The van der Waals surface area contributed by atoms with Gasteiger partial charge in [0.1, 0.15) is 0 Å². The fraction of sp³-hybridized carbons (Fsp3) is 0.579. The van der Waals surface area contributed by atoms with Crippen molar-refractivity contribution in [1.82, 2.24) is 20.0 Å². The Labute approximate surface area is 171 Å². The van der Waals surface area contributed by atoms with Gasteiger partial charge in [-0.05, 0) is 31.2 Å². The van der Waals surface area contributed by atoms with Gasteiger partial charge >= 0.3 is 0 Å². The Bertz CT molecular complexity index is 649. The van der Waals surface area contributed by atoms with E-state index in [9.17, 15) is 9.59 Å². The maximum Gasteiger partial charge on any atom is 0.236 e. The first kappa shape index (κ1) is 22.0. The van der Waals surface area contributed by atoms with Gasteiger partial charge in [-0.25, -0.2) is 0 Å². The van der Waals surface area contributed by atoms with Gasteiger partial charge < -0.3 is 10.2 Å². The van der Waals surface area contributed by atoms with Crippen molar-refractivity contribution in [2.24, 2.45) is 0 Å². The minimum atomic E-state index is 0.0520. The normalized spacial score (nSPS) is 15.2. The number of hydrogen-bond acceptors (Lipinski definition) is 4. The Morgan fingerprint density at radius 3 is 2.52 bits per heavy atom. The fourth-order valence-corrected chi connectivity index (χ4v) is 3.47. The van der Waals surface area contributed by atoms with Crippen molar-refractivity contribution < 1.29 is 9.59 Å². The molecule has 1 N–H and O–H groups in total. The molecule has 1 saturated heterocycles. The summed E-state index contributed by atoms with van der Waals surface area (Å²) in [5.74, 6) is 0.147. The van der Waals surface area contributed by atoms with Gasteiger partial charge in [-0.2, -0.15) is 0 Å². The van der Waals surface area contributed by atoms with Gasteiger partial charge in [0, 0.05) is 49.3 Å². The zero-order valence-corrected chi connectivity index (χ0v) is 17.5. The highest BCUT2D eigenvalue weighted by atomic mass is 35.5. The average Bonchev–Trinajstić information content (AvgIpc) is 2.63. The molecule has 0 radical (unpaired) electrons. The Balaban J connectivity index is 1.74. The smallest absolute Gasteiger partial charge is 0.236 e. The number of nitrogens with one attached hydrogen (secondary N) is 1. The van der Waals surface area contributed by atoms with E-state index in [-0.39, 0.29) is 11.8 Å². The molecule has 150 valence electrons. The molecule has 27 heavy (non-hydrogen) atoms. The quantitative estimate of drug-likeness (QED) is 0.707. The molecule has 2 rings (SSSR count). The van der Waals surface area contributed by atoms with Crippen molar-refractivity contribution in [3.63, 3.8) is 0 Å². The number of piperazine rings is 1. The van der Waals surface area contributed by atoms with Crippen molar-refractivity contribution in [3.05, 3.63) is 33.8 Å². The highest BCUT2D eigenvalue weighted by Crippen LogP contribution is 2.22. The SMILES string of the molecule is CCCNC(=O)CN1CCN(C(=O)CN(C)Cc2ccc(Cl)cc2Cl)CC1. The summed E-state index contributed by atoms with van der Waals surface area (Å²) in [4.78, 5) is 30.2. The Morgan fingerprint density at radius 2 is 1.89 bits per heavy atom. The molecule has 1 aliphatic heterocycles. The van der Waals surface area contributed by atoms with Gasteiger partial charge in [0.25, 0.3) is 0 Å². The third kappa shape index (κ3) is 7.30. The van der Waals surface area contributed by atoms with Gasteiger partial charge in [0.15, 0.2) is 0 Å². The highest BCUT2D eigenvalue weighted by Gasteiger charge is 2.23. The van der Waals surface area contributed by atoms with Crippen LogP contribution in [0.15, 0.2) is 18.2 Å². The summed E-state index contributed by atoms with van der Waals surface area (Å²) in [7, 11) is 1.90. The van der Waals surface area contributed by atoms with Crippen molar-refractivity contribution >= 4 is 35.0 Å². The molecule has 0 saturated carbocycles. The summed E-state index contributed by atoms with van der Waals surface area (Å²) in [6, 6.07) is 5.40. The lowest BCUT2D eigenvalue weighted by Gasteiger charge is -2.35.